The number of hydrogen-bond donors (Lipinski definition) is 1. The van der Waals surface area contributed by atoms with E-state index in [1.807, 2.05) is 0 Å². The smallest absolute Gasteiger partial charge is 0.314 e. The highest BCUT2D eigenvalue weighted by Gasteiger charge is 2.24. The maximum absolute atomic E-state index is 11.0. The van der Waals surface area contributed by atoms with Gasteiger partial charge in [-0.1, -0.05) is 0 Å². The molecule has 1 aliphatic carbocycles. The van der Waals surface area contributed by atoms with Crippen LogP contribution in [0.5, 0.6) is 11.5 Å². The number of nitrogens with zero attached hydrogens (tertiary/aromatic N) is 1. The standard InChI is InChI=1S/C13H18N2O4/c1-18-10-5-6-13(12(8-10)15(16)17)19-11-4-2-3-9(14)7-11/h5-6,8-9,11H,2-4,7,14H2,1H3. The van der Waals surface area contributed by atoms with Crippen LogP contribution in [0.2, 0.25) is 0 Å². The van der Waals surface area contributed by atoms with Crippen LogP contribution in [0.4, 0.5) is 5.69 Å². The fraction of sp³-hybridized carbons (Fsp3) is 0.538. The second-order valence-electron chi connectivity index (χ2n) is 4.76. The molecule has 1 saturated carbocycles. The minimum atomic E-state index is -0.458. The van der Waals surface area contributed by atoms with Crippen LogP contribution in [0, 0.1) is 10.1 Å². The van der Waals surface area contributed by atoms with E-state index in [0.29, 0.717) is 5.75 Å². The van der Waals surface area contributed by atoms with Gasteiger partial charge in [-0.2, -0.15) is 0 Å². The van der Waals surface area contributed by atoms with Crippen LogP contribution >= 0.6 is 0 Å². The molecule has 6 heteroatoms. The third-order valence-corrected chi connectivity index (χ3v) is 3.32. The van der Waals surface area contributed by atoms with Crippen molar-refractivity contribution in [1.82, 2.24) is 0 Å². The summed E-state index contributed by atoms with van der Waals surface area (Å²) >= 11 is 0. The molecule has 0 aliphatic heterocycles. The average molecular weight is 266 g/mol. The van der Waals surface area contributed by atoms with Crippen molar-refractivity contribution < 1.29 is 14.4 Å². The summed E-state index contributed by atoms with van der Waals surface area (Å²) in [5.41, 5.74) is 5.82. The van der Waals surface area contributed by atoms with E-state index in [1.54, 1.807) is 12.1 Å². The lowest BCUT2D eigenvalue weighted by molar-refractivity contribution is -0.386. The van der Waals surface area contributed by atoms with Gasteiger partial charge in [-0.3, -0.25) is 10.1 Å². The largest absolute Gasteiger partial charge is 0.496 e. The van der Waals surface area contributed by atoms with Crippen molar-refractivity contribution in [1.29, 1.82) is 0 Å². The number of methoxy groups -OCH3 is 1. The van der Waals surface area contributed by atoms with Gasteiger partial charge in [0.25, 0.3) is 0 Å². The van der Waals surface area contributed by atoms with Gasteiger partial charge in [-0.15, -0.1) is 0 Å². The normalized spacial score (nSPS) is 22.8. The number of hydrogen-bond acceptors (Lipinski definition) is 5. The fourth-order valence-corrected chi connectivity index (χ4v) is 2.33. The summed E-state index contributed by atoms with van der Waals surface area (Å²) in [7, 11) is 1.47. The molecule has 0 amide bonds. The summed E-state index contributed by atoms with van der Waals surface area (Å²) in [6.45, 7) is 0. The van der Waals surface area contributed by atoms with E-state index in [9.17, 15) is 10.1 Å². The summed E-state index contributed by atoms with van der Waals surface area (Å²) < 4.78 is 10.7. The molecular formula is C13H18N2O4. The molecule has 2 N–H and O–H groups in total. The number of ether oxygens (including phenoxy) is 2. The predicted octanol–water partition coefficient (Wildman–Crippen LogP) is 2.25. The number of rotatable bonds is 4. The van der Waals surface area contributed by atoms with Gasteiger partial charge in [-0.25, -0.2) is 0 Å². The maximum Gasteiger partial charge on any atom is 0.314 e. The van der Waals surface area contributed by atoms with Crippen molar-refractivity contribution >= 4 is 5.69 Å². The lowest BCUT2D eigenvalue weighted by Crippen LogP contribution is -2.33. The Morgan fingerprint density at radius 3 is 2.84 bits per heavy atom. The van der Waals surface area contributed by atoms with Crippen molar-refractivity contribution in [2.45, 2.75) is 37.8 Å². The second kappa shape index (κ2) is 5.88. The van der Waals surface area contributed by atoms with E-state index in [-0.39, 0.29) is 23.6 Å². The molecule has 2 unspecified atom stereocenters. The molecule has 1 aromatic rings. The first kappa shape index (κ1) is 13.6. The van der Waals surface area contributed by atoms with Crippen LogP contribution in [0.25, 0.3) is 0 Å². The highest BCUT2D eigenvalue weighted by atomic mass is 16.6. The van der Waals surface area contributed by atoms with Crippen molar-refractivity contribution in [2.75, 3.05) is 7.11 Å². The Labute approximate surface area is 111 Å². The Hall–Kier alpha value is -1.82. The van der Waals surface area contributed by atoms with Crippen molar-refractivity contribution in [3.63, 3.8) is 0 Å². The highest BCUT2D eigenvalue weighted by Crippen LogP contribution is 2.33. The summed E-state index contributed by atoms with van der Waals surface area (Å²) in [5.74, 6) is 0.726. The zero-order valence-corrected chi connectivity index (χ0v) is 10.9. The lowest BCUT2D eigenvalue weighted by Gasteiger charge is -2.27. The molecule has 1 aliphatic rings. The Balaban J connectivity index is 2.16. The molecule has 19 heavy (non-hydrogen) atoms. The first-order valence-corrected chi connectivity index (χ1v) is 6.35. The predicted molar refractivity (Wildman–Crippen MR) is 70.5 cm³/mol. The number of nitrogens with two attached hydrogens (primary N) is 1. The minimum absolute atomic E-state index is 0.0455. The van der Waals surface area contributed by atoms with E-state index >= 15 is 0 Å². The van der Waals surface area contributed by atoms with Crippen LogP contribution in [-0.4, -0.2) is 24.2 Å². The first-order chi connectivity index (χ1) is 9.10. The zero-order valence-electron chi connectivity index (χ0n) is 10.9. The van der Waals surface area contributed by atoms with Crippen molar-refractivity contribution in [2.24, 2.45) is 5.73 Å². The van der Waals surface area contributed by atoms with Gasteiger partial charge in [-0.05, 0) is 37.8 Å². The van der Waals surface area contributed by atoms with E-state index in [0.717, 1.165) is 25.7 Å². The number of nitro benzene ring substituents is 1. The topological polar surface area (TPSA) is 87.6 Å². The lowest BCUT2D eigenvalue weighted by atomic mass is 9.93. The Kier molecular flexibility index (Phi) is 4.21. The molecular weight excluding hydrogens is 248 g/mol. The third-order valence-electron chi connectivity index (χ3n) is 3.32. The maximum atomic E-state index is 11.0. The number of nitro groups is 1. The monoisotopic (exact) mass is 266 g/mol. The van der Waals surface area contributed by atoms with Crippen molar-refractivity contribution in [3.05, 3.63) is 28.3 Å². The molecule has 0 saturated heterocycles. The van der Waals surface area contributed by atoms with E-state index in [2.05, 4.69) is 0 Å². The molecule has 0 heterocycles. The van der Waals surface area contributed by atoms with Gasteiger partial charge in [0.2, 0.25) is 0 Å². The summed E-state index contributed by atoms with van der Waals surface area (Å²) in [4.78, 5) is 10.6. The first-order valence-electron chi connectivity index (χ1n) is 6.35. The highest BCUT2D eigenvalue weighted by molar-refractivity contribution is 5.51. The molecule has 0 spiro atoms. The Morgan fingerprint density at radius 2 is 2.21 bits per heavy atom. The van der Waals surface area contributed by atoms with Crippen molar-refractivity contribution in [3.8, 4) is 11.5 Å². The average Bonchev–Trinajstić information content (AvgIpc) is 2.39. The van der Waals surface area contributed by atoms with Crippen LogP contribution in [0.1, 0.15) is 25.7 Å². The van der Waals surface area contributed by atoms with E-state index in [1.165, 1.54) is 13.2 Å². The van der Waals surface area contributed by atoms with Gasteiger partial charge in [0.15, 0.2) is 5.75 Å². The summed E-state index contributed by atoms with van der Waals surface area (Å²) in [5, 5.41) is 11.0. The summed E-state index contributed by atoms with van der Waals surface area (Å²) in [6, 6.07) is 4.73. The van der Waals surface area contributed by atoms with Crippen LogP contribution in [-0.2, 0) is 0 Å². The van der Waals surface area contributed by atoms with Gasteiger partial charge < -0.3 is 15.2 Å². The van der Waals surface area contributed by atoms with Gasteiger partial charge in [0, 0.05) is 6.04 Å². The molecule has 1 aromatic carbocycles. The minimum Gasteiger partial charge on any atom is -0.496 e. The quantitative estimate of drug-likeness (QED) is 0.667. The summed E-state index contributed by atoms with van der Waals surface area (Å²) in [6.07, 6.45) is 3.57. The molecule has 6 nitrogen and oxygen atoms in total. The third kappa shape index (κ3) is 3.35. The number of benzene rings is 1. The zero-order chi connectivity index (χ0) is 13.8. The molecule has 104 valence electrons. The van der Waals surface area contributed by atoms with Gasteiger partial charge >= 0.3 is 5.69 Å². The van der Waals surface area contributed by atoms with E-state index < -0.39 is 4.92 Å². The molecule has 0 aromatic heterocycles. The SMILES string of the molecule is COc1ccc(OC2CCCC(N)C2)c([N+](=O)[O-])c1. The fourth-order valence-electron chi connectivity index (χ4n) is 2.33. The molecule has 2 atom stereocenters. The Morgan fingerprint density at radius 1 is 1.42 bits per heavy atom. The van der Waals surface area contributed by atoms with Crippen LogP contribution in [0.3, 0.4) is 0 Å². The Bertz CT molecular complexity index is 464. The molecule has 2 rings (SSSR count). The van der Waals surface area contributed by atoms with Crippen LogP contribution in [0.15, 0.2) is 18.2 Å². The van der Waals surface area contributed by atoms with E-state index in [4.69, 9.17) is 15.2 Å². The van der Waals surface area contributed by atoms with Crippen LogP contribution < -0.4 is 15.2 Å². The molecule has 0 radical (unpaired) electrons. The van der Waals surface area contributed by atoms with Gasteiger partial charge in [0.05, 0.1) is 18.1 Å². The molecule has 0 bridgehead atoms. The second-order valence-corrected chi connectivity index (χ2v) is 4.76. The molecule has 1 fully saturated rings. The van der Waals surface area contributed by atoms with Gasteiger partial charge in [0.1, 0.15) is 11.9 Å².